The first-order valence-electron chi connectivity index (χ1n) is 7.21. The van der Waals surface area contributed by atoms with E-state index < -0.39 is 0 Å². The van der Waals surface area contributed by atoms with Crippen molar-refractivity contribution < 1.29 is 4.39 Å². The molecule has 0 saturated heterocycles. The summed E-state index contributed by atoms with van der Waals surface area (Å²) in [5, 5.41) is 3.47. The van der Waals surface area contributed by atoms with Gasteiger partial charge in [-0.15, -0.1) is 11.8 Å². The minimum atomic E-state index is -0.213. The molecule has 2 unspecified atom stereocenters. The number of nitrogens with zero attached hydrogens (tertiary/aromatic N) is 2. The van der Waals surface area contributed by atoms with Gasteiger partial charge in [0.25, 0.3) is 0 Å². The number of pyridine rings is 1. The van der Waals surface area contributed by atoms with Gasteiger partial charge in [0, 0.05) is 24.7 Å². The van der Waals surface area contributed by atoms with Crippen LogP contribution in [0.5, 0.6) is 0 Å². The summed E-state index contributed by atoms with van der Waals surface area (Å²) in [5.74, 6) is -0.213. The van der Waals surface area contributed by atoms with Gasteiger partial charge in [-0.3, -0.25) is 15.3 Å². The Kier molecular flexibility index (Phi) is 4.27. The van der Waals surface area contributed by atoms with Crippen LogP contribution in [0.4, 0.5) is 4.39 Å². The molecule has 0 spiro atoms. The van der Waals surface area contributed by atoms with Gasteiger partial charge in [0.15, 0.2) is 0 Å². The molecule has 0 amide bonds. The molecule has 0 fully saturated rings. The number of halogens is 1. The second kappa shape index (κ2) is 6.18. The molecule has 3 nitrogen and oxygen atoms in total. The Morgan fingerprint density at radius 1 is 1.18 bits per heavy atom. The van der Waals surface area contributed by atoms with E-state index in [1.807, 2.05) is 18.3 Å². The number of hydrogen-bond donors (Lipinski definition) is 1. The molecular weight excluding hydrogens is 297 g/mol. The molecule has 3 rings (SSSR count). The van der Waals surface area contributed by atoms with E-state index in [0.29, 0.717) is 0 Å². The van der Waals surface area contributed by atoms with Crippen LogP contribution in [0.3, 0.4) is 0 Å². The molecule has 1 N–H and O–H groups in total. The molecule has 0 bridgehead atoms. The van der Waals surface area contributed by atoms with Crippen molar-refractivity contribution in [3.8, 4) is 0 Å². The highest BCUT2D eigenvalue weighted by Gasteiger charge is 2.34. The summed E-state index contributed by atoms with van der Waals surface area (Å²) in [7, 11) is 0. The Morgan fingerprint density at radius 3 is 2.55 bits per heavy atom. The summed E-state index contributed by atoms with van der Waals surface area (Å²) in [5.41, 5.74) is 2.22. The van der Waals surface area contributed by atoms with Gasteiger partial charge in [0.05, 0.1) is 4.75 Å². The lowest BCUT2D eigenvalue weighted by molar-refractivity contribution is 0.562. The van der Waals surface area contributed by atoms with Gasteiger partial charge in [-0.1, -0.05) is 12.1 Å². The topological polar surface area (TPSA) is 37.3 Å². The fraction of sp³-hybridized carbons (Fsp3) is 0.294. The van der Waals surface area contributed by atoms with E-state index in [0.717, 1.165) is 5.56 Å². The van der Waals surface area contributed by atoms with Gasteiger partial charge in [0.1, 0.15) is 11.3 Å². The van der Waals surface area contributed by atoms with Crippen molar-refractivity contribution in [1.82, 2.24) is 10.3 Å². The maximum Gasteiger partial charge on any atom is 0.148 e. The van der Waals surface area contributed by atoms with Crippen LogP contribution in [-0.2, 0) is 4.75 Å². The van der Waals surface area contributed by atoms with Crippen LogP contribution in [0.2, 0.25) is 0 Å². The zero-order valence-corrected chi connectivity index (χ0v) is 13.3. The van der Waals surface area contributed by atoms with Crippen LogP contribution < -0.4 is 5.32 Å². The lowest BCUT2D eigenvalue weighted by Crippen LogP contribution is -2.27. The monoisotopic (exact) mass is 315 g/mol. The SMILES string of the molecule is C[C@H](NC1N=CC(C)(c2ccncc2)S1)c1ccc(F)cc1. The van der Waals surface area contributed by atoms with E-state index in [9.17, 15) is 4.39 Å². The average Bonchev–Trinajstić information content (AvgIpc) is 2.91. The van der Waals surface area contributed by atoms with Crippen molar-refractivity contribution >= 4 is 18.0 Å². The van der Waals surface area contributed by atoms with Crippen molar-refractivity contribution in [1.29, 1.82) is 0 Å². The van der Waals surface area contributed by atoms with Gasteiger partial charge in [-0.05, 0) is 49.2 Å². The van der Waals surface area contributed by atoms with E-state index in [1.165, 1.54) is 17.7 Å². The molecule has 1 aliphatic rings. The van der Waals surface area contributed by atoms with E-state index in [1.54, 1.807) is 36.3 Å². The smallest absolute Gasteiger partial charge is 0.148 e. The van der Waals surface area contributed by atoms with Crippen molar-refractivity contribution in [3.05, 3.63) is 65.7 Å². The lowest BCUT2D eigenvalue weighted by atomic mass is 10.0. The highest BCUT2D eigenvalue weighted by atomic mass is 32.2. The summed E-state index contributed by atoms with van der Waals surface area (Å²) < 4.78 is 12.8. The molecule has 1 aromatic carbocycles. The number of aliphatic imine (C=N–C) groups is 1. The van der Waals surface area contributed by atoms with Crippen molar-refractivity contribution in [2.24, 2.45) is 4.99 Å². The van der Waals surface area contributed by atoms with Gasteiger partial charge in [0.2, 0.25) is 0 Å². The average molecular weight is 315 g/mol. The Labute approximate surface area is 134 Å². The van der Waals surface area contributed by atoms with Crippen LogP contribution in [0.15, 0.2) is 53.8 Å². The number of thioether (sulfide) groups is 1. The van der Waals surface area contributed by atoms with E-state index in [2.05, 4.69) is 29.1 Å². The lowest BCUT2D eigenvalue weighted by Gasteiger charge is -2.24. The molecule has 5 heteroatoms. The molecule has 2 heterocycles. The number of rotatable bonds is 4. The van der Waals surface area contributed by atoms with E-state index in [-0.39, 0.29) is 22.1 Å². The summed E-state index contributed by atoms with van der Waals surface area (Å²) in [6.45, 7) is 4.21. The Bertz CT molecular complexity index is 659. The predicted molar refractivity (Wildman–Crippen MR) is 89.4 cm³/mol. The highest BCUT2D eigenvalue weighted by Crippen LogP contribution is 2.41. The third-order valence-corrected chi connectivity index (χ3v) is 5.14. The quantitative estimate of drug-likeness (QED) is 0.930. The zero-order chi connectivity index (χ0) is 15.6. The van der Waals surface area contributed by atoms with Gasteiger partial charge in [-0.25, -0.2) is 4.39 Å². The Hall–Kier alpha value is -1.72. The first-order valence-corrected chi connectivity index (χ1v) is 8.09. The molecule has 0 aliphatic carbocycles. The van der Waals surface area contributed by atoms with Crippen LogP contribution in [0, 0.1) is 5.82 Å². The normalized spacial score (nSPS) is 25.3. The molecule has 2 aromatic rings. The predicted octanol–water partition coefficient (Wildman–Crippen LogP) is 3.89. The first kappa shape index (κ1) is 15.2. The number of aromatic nitrogens is 1. The van der Waals surface area contributed by atoms with Crippen LogP contribution in [-0.4, -0.2) is 16.7 Å². The molecule has 3 atom stereocenters. The highest BCUT2D eigenvalue weighted by molar-refractivity contribution is 8.01. The second-order valence-electron chi connectivity index (χ2n) is 5.53. The number of nitrogens with one attached hydrogen (secondary N) is 1. The van der Waals surface area contributed by atoms with E-state index >= 15 is 0 Å². The van der Waals surface area contributed by atoms with Crippen LogP contribution >= 0.6 is 11.8 Å². The fourth-order valence-corrected chi connectivity index (χ4v) is 3.72. The number of benzene rings is 1. The molecule has 0 radical (unpaired) electrons. The first-order chi connectivity index (χ1) is 10.6. The van der Waals surface area contributed by atoms with Crippen LogP contribution in [0.25, 0.3) is 0 Å². The maximum atomic E-state index is 13.0. The molecule has 114 valence electrons. The number of hydrogen-bond acceptors (Lipinski definition) is 4. The van der Waals surface area contributed by atoms with E-state index in [4.69, 9.17) is 0 Å². The summed E-state index contributed by atoms with van der Waals surface area (Å²) in [6.07, 6.45) is 5.59. The molecule has 0 saturated carbocycles. The Balaban J connectivity index is 1.66. The zero-order valence-electron chi connectivity index (χ0n) is 12.5. The van der Waals surface area contributed by atoms with Crippen LogP contribution in [0.1, 0.15) is 31.0 Å². The molecular formula is C17H18FN3S. The Morgan fingerprint density at radius 2 is 1.86 bits per heavy atom. The largest absolute Gasteiger partial charge is 0.281 e. The van der Waals surface area contributed by atoms with Gasteiger partial charge >= 0.3 is 0 Å². The maximum absolute atomic E-state index is 13.0. The molecule has 1 aromatic heterocycles. The third-order valence-electron chi connectivity index (χ3n) is 3.83. The standard InChI is InChI=1S/C17H18FN3S/c1-12(13-3-5-15(18)6-4-13)21-16-20-11-17(2,22-16)14-7-9-19-10-8-14/h3-12,16,21H,1-2H3/t12-,16?,17?/m0/s1. The summed E-state index contributed by atoms with van der Waals surface area (Å²) >= 11 is 1.76. The molecule has 22 heavy (non-hydrogen) atoms. The van der Waals surface area contributed by atoms with Crippen molar-refractivity contribution in [2.45, 2.75) is 30.1 Å². The minimum absolute atomic E-state index is 0.0155. The van der Waals surface area contributed by atoms with Gasteiger partial charge in [-0.2, -0.15) is 0 Å². The van der Waals surface area contributed by atoms with Crippen molar-refractivity contribution in [2.75, 3.05) is 0 Å². The third kappa shape index (κ3) is 3.20. The summed E-state index contributed by atoms with van der Waals surface area (Å²) in [4.78, 5) is 8.64. The minimum Gasteiger partial charge on any atom is -0.281 e. The van der Waals surface area contributed by atoms with Crippen molar-refractivity contribution in [3.63, 3.8) is 0 Å². The molecule has 1 aliphatic heterocycles. The second-order valence-corrected chi connectivity index (χ2v) is 7.06. The van der Waals surface area contributed by atoms with Gasteiger partial charge < -0.3 is 0 Å². The summed E-state index contributed by atoms with van der Waals surface area (Å²) in [6, 6.07) is 10.7. The fourth-order valence-electron chi connectivity index (χ4n) is 2.47.